The molecule has 1 N–H and O–H groups in total. The van der Waals surface area contributed by atoms with Crippen LogP contribution in [0.15, 0.2) is 16.8 Å². The molecule has 0 bridgehead atoms. The van der Waals surface area contributed by atoms with Gasteiger partial charge in [-0.15, -0.1) is 0 Å². The van der Waals surface area contributed by atoms with Gasteiger partial charge in [0.05, 0.1) is 11.5 Å². The molecule has 0 spiro atoms. The lowest BCUT2D eigenvalue weighted by Crippen LogP contribution is -2.51. The first kappa shape index (κ1) is 11.6. The van der Waals surface area contributed by atoms with Gasteiger partial charge in [-0.3, -0.25) is 4.79 Å². The highest BCUT2D eigenvalue weighted by Crippen LogP contribution is 2.46. The first-order chi connectivity index (χ1) is 7.69. The third kappa shape index (κ3) is 1.86. The van der Waals surface area contributed by atoms with Crippen molar-refractivity contribution in [3.8, 4) is 0 Å². The summed E-state index contributed by atoms with van der Waals surface area (Å²) in [5, 5.41) is 13.1. The van der Waals surface area contributed by atoms with Crippen LogP contribution in [0.25, 0.3) is 0 Å². The monoisotopic (exact) mass is 242 g/mol. The molecule has 0 radical (unpaired) electrons. The highest BCUT2D eigenvalue weighted by Gasteiger charge is 2.52. The van der Waals surface area contributed by atoms with E-state index in [9.17, 15) is 9.90 Å². The standard InChI is InChI=1S/C11H14O4S/c1-14-7-15-9-4-11(5-9,10(12)13)8-2-3-16-6-8/h2-3,6,9H,4-5,7H2,1H3,(H,12,13). The zero-order chi connectivity index (χ0) is 11.6. The van der Waals surface area contributed by atoms with E-state index in [0.717, 1.165) is 5.56 Å². The van der Waals surface area contributed by atoms with Crippen molar-refractivity contribution in [1.29, 1.82) is 0 Å². The predicted molar refractivity (Wildman–Crippen MR) is 59.6 cm³/mol. The Morgan fingerprint density at radius 2 is 2.44 bits per heavy atom. The van der Waals surface area contributed by atoms with Gasteiger partial charge in [0.25, 0.3) is 0 Å². The van der Waals surface area contributed by atoms with Gasteiger partial charge in [0.2, 0.25) is 0 Å². The van der Waals surface area contributed by atoms with Gasteiger partial charge in [-0.25, -0.2) is 0 Å². The molecule has 88 valence electrons. The molecule has 4 nitrogen and oxygen atoms in total. The number of hydrogen-bond acceptors (Lipinski definition) is 4. The van der Waals surface area contributed by atoms with E-state index < -0.39 is 11.4 Å². The van der Waals surface area contributed by atoms with Crippen molar-refractivity contribution in [3.05, 3.63) is 22.4 Å². The molecule has 1 aromatic heterocycles. The maximum atomic E-state index is 11.3. The Morgan fingerprint density at radius 1 is 1.69 bits per heavy atom. The number of aliphatic carboxylic acids is 1. The van der Waals surface area contributed by atoms with E-state index in [2.05, 4.69) is 0 Å². The lowest BCUT2D eigenvalue weighted by atomic mass is 9.63. The second kappa shape index (κ2) is 4.53. The molecule has 16 heavy (non-hydrogen) atoms. The van der Waals surface area contributed by atoms with Crippen LogP contribution in [0.5, 0.6) is 0 Å². The van der Waals surface area contributed by atoms with Crippen LogP contribution in [0.3, 0.4) is 0 Å². The fourth-order valence-corrected chi connectivity index (χ4v) is 2.82. The summed E-state index contributed by atoms with van der Waals surface area (Å²) in [7, 11) is 1.56. The Balaban J connectivity index is 2.03. The summed E-state index contributed by atoms with van der Waals surface area (Å²) in [5.41, 5.74) is 0.153. The van der Waals surface area contributed by atoms with E-state index in [1.165, 1.54) is 11.3 Å². The summed E-state index contributed by atoms with van der Waals surface area (Å²) in [5.74, 6) is -0.761. The second-order valence-electron chi connectivity index (χ2n) is 4.00. The summed E-state index contributed by atoms with van der Waals surface area (Å²) in [6, 6.07) is 1.88. The number of methoxy groups -OCH3 is 1. The molecule has 5 heteroatoms. The molecule has 0 unspecified atom stereocenters. The van der Waals surface area contributed by atoms with Gasteiger partial charge in [0.1, 0.15) is 6.79 Å². The molecule has 1 saturated carbocycles. The van der Waals surface area contributed by atoms with Crippen molar-refractivity contribution < 1.29 is 19.4 Å². The number of carboxylic acids is 1. The van der Waals surface area contributed by atoms with Gasteiger partial charge < -0.3 is 14.6 Å². The quantitative estimate of drug-likeness (QED) is 0.801. The molecule has 2 rings (SSSR count). The van der Waals surface area contributed by atoms with Crippen LogP contribution in [-0.2, 0) is 19.7 Å². The fraction of sp³-hybridized carbons (Fsp3) is 0.545. The number of thiophene rings is 1. The summed E-state index contributed by atoms with van der Waals surface area (Å²) < 4.78 is 10.1. The molecule has 1 fully saturated rings. The van der Waals surface area contributed by atoms with Crippen LogP contribution in [0.1, 0.15) is 18.4 Å². The van der Waals surface area contributed by atoms with Crippen LogP contribution >= 0.6 is 11.3 Å². The van der Waals surface area contributed by atoms with E-state index >= 15 is 0 Å². The largest absolute Gasteiger partial charge is 0.481 e. The van der Waals surface area contributed by atoms with Crippen LogP contribution in [0.2, 0.25) is 0 Å². The molecule has 0 aliphatic heterocycles. The molecule has 1 aromatic rings. The minimum atomic E-state index is -0.761. The van der Waals surface area contributed by atoms with Crippen LogP contribution in [0.4, 0.5) is 0 Å². The zero-order valence-electron chi connectivity index (χ0n) is 9.01. The number of carbonyl (C=O) groups is 1. The molecule has 1 heterocycles. The maximum Gasteiger partial charge on any atom is 0.314 e. The third-order valence-electron chi connectivity index (χ3n) is 3.06. The minimum absolute atomic E-state index is 0.00375. The Bertz CT molecular complexity index is 354. The Hall–Kier alpha value is -0.910. The average Bonchev–Trinajstić information content (AvgIpc) is 2.69. The molecule has 0 aromatic carbocycles. The Kier molecular flexibility index (Phi) is 3.28. The zero-order valence-corrected chi connectivity index (χ0v) is 9.83. The van der Waals surface area contributed by atoms with Crippen LogP contribution in [0, 0.1) is 0 Å². The lowest BCUT2D eigenvalue weighted by molar-refractivity contribution is -0.164. The first-order valence-electron chi connectivity index (χ1n) is 5.05. The normalized spacial score (nSPS) is 28.7. The van der Waals surface area contributed by atoms with Crippen molar-refractivity contribution in [2.75, 3.05) is 13.9 Å². The molecule has 1 aliphatic rings. The fourth-order valence-electron chi connectivity index (χ4n) is 2.07. The van der Waals surface area contributed by atoms with Gasteiger partial charge in [0, 0.05) is 7.11 Å². The highest BCUT2D eigenvalue weighted by atomic mass is 32.1. The Labute approximate surface area is 97.8 Å². The number of rotatable bonds is 5. The van der Waals surface area contributed by atoms with E-state index in [4.69, 9.17) is 9.47 Å². The second-order valence-corrected chi connectivity index (χ2v) is 4.78. The highest BCUT2D eigenvalue weighted by molar-refractivity contribution is 7.08. The van der Waals surface area contributed by atoms with Crippen LogP contribution in [-0.4, -0.2) is 31.1 Å². The van der Waals surface area contributed by atoms with E-state index in [1.54, 1.807) is 7.11 Å². The molecule has 0 amide bonds. The lowest BCUT2D eigenvalue weighted by Gasteiger charge is -2.43. The predicted octanol–water partition coefficient (Wildman–Crippen LogP) is 1.85. The van der Waals surface area contributed by atoms with Gasteiger partial charge in [0.15, 0.2) is 0 Å². The summed E-state index contributed by atoms with van der Waals surface area (Å²) >= 11 is 1.52. The smallest absolute Gasteiger partial charge is 0.314 e. The van der Waals surface area contributed by atoms with Gasteiger partial charge in [-0.1, -0.05) is 0 Å². The Morgan fingerprint density at radius 3 is 2.94 bits per heavy atom. The third-order valence-corrected chi connectivity index (χ3v) is 3.74. The van der Waals surface area contributed by atoms with Gasteiger partial charge in [-0.2, -0.15) is 11.3 Å². The van der Waals surface area contributed by atoms with E-state index in [-0.39, 0.29) is 12.9 Å². The topological polar surface area (TPSA) is 55.8 Å². The van der Waals surface area contributed by atoms with E-state index in [0.29, 0.717) is 12.8 Å². The molecular formula is C11H14O4S. The molecular weight excluding hydrogens is 228 g/mol. The van der Waals surface area contributed by atoms with Gasteiger partial charge >= 0.3 is 5.97 Å². The van der Waals surface area contributed by atoms with Crippen molar-refractivity contribution in [2.45, 2.75) is 24.4 Å². The molecule has 0 atom stereocenters. The van der Waals surface area contributed by atoms with Crippen molar-refractivity contribution in [3.63, 3.8) is 0 Å². The van der Waals surface area contributed by atoms with Gasteiger partial charge in [-0.05, 0) is 35.2 Å². The first-order valence-corrected chi connectivity index (χ1v) is 6.00. The van der Waals surface area contributed by atoms with Crippen molar-refractivity contribution >= 4 is 17.3 Å². The van der Waals surface area contributed by atoms with Crippen molar-refractivity contribution in [1.82, 2.24) is 0 Å². The SMILES string of the molecule is COCOC1CC(C(=O)O)(c2ccsc2)C1. The maximum absolute atomic E-state index is 11.3. The summed E-state index contributed by atoms with van der Waals surface area (Å²) in [6.45, 7) is 0.226. The number of carboxylic acid groups (broad SMARTS) is 1. The van der Waals surface area contributed by atoms with Crippen LogP contribution < -0.4 is 0 Å². The number of ether oxygens (including phenoxy) is 2. The summed E-state index contributed by atoms with van der Waals surface area (Å²) in [6.07, 6.45) is 1.06. The van der Waals surface area contributed by atoms with E-state index in [1.807, 2.05) is 16.8 Å². The average molecular weight is 242 g/mol. The molecule has 0 saturated heterocycles. The number of hydrogen-bond donors (Lipinski definition) is 1. The summed E-state index contributed by atoms with van der Waals surface area (Å²) in [4.78, 5) is 11.3. The molecule has 1 aliphatic carbocycles. The minimum Gasteiger partial charge on any atom is -0.481 e. The van der Waals surface area contributed by atoms with Crippen molar-refractivity contribution in [2.24, 2.45) is 0 Å².